The van der Waals surface area contributed by atoms with Gasteiger partial charge in [0.1, 0.15) is 0 Å². The molecule has 1 N–H and O–H groups in total. The van der Waals surface area contributed by atoms with Crippen molar-refractivity contribution in [2.45, 2.75) is 20.4 Å². The molecule has 3 nitrogen and oxygen atoms in total. The Morgan fingerprint density at radius 2 is 2.43 bits per heavy atom. The lowest BCUT2D eigenvalue weighted by Gasteiger charge is -2.19. The largest absolute Gasteiger partial charge is 0.351 e. The van der Waals surface area contributed by atoms with Crippen LogP contribution in [0.1, 0.15) is 18.7 Å². The highest BCUT2D eigenvalue weighted by Crippen LogP contribution is 2.17. The maximum absolute atomic E-state index is 11.6. The number of hydrogen-bond donors (Lipinski definition) is 1. The van der Waals surface area contributed by atoms with Gasteiger partial charge in [0.15, 0.2) is 0 Å². The van der Waals surface area contributed by atoms with Crippen LogP contribution >= 0.6 is 22.9 Å². The standard InChI is InChI=1S/C9H13ClN2OS/c1-9(2,5-10)8(13)12-4-7-3-11-6-14-7/h3,6H,4-5H2,1-2H3,(H,12,13). The predicted molar refractivity (Wildman–Crippen MR) is 58.5 cm³/mol. The van der Waals surface area contributed by atoms with Crippen LogP contribution < -0.4 is 5.32 Å². The fourth-order valence-corrected chi connectivity index (χ4v) is 1.45. The highest BCUT2D eigenvalue weighted by molar-refractivity contribution is 7.09. The smallest absolute Gasteiger partial charge is 0.227 e. The first-order valence-corrected chi connectivity index (χ1v) is 5.69. The van der Waals surface area contributed by atoms with E-state index >= 15 is 0 Å². The van der Waals surface area contributed by atoms with Crippen LogP contribution in [0, 0.1) is 5.41 Å². The van der Waals surface area contributed by atoms with E-state index in [9.17, 15) is 4.79 Å². The van der Waals surface area contributed by atoms with Crippen LogP contribution in [-0.2, 0) is 11.3 Å². The fraction of sp³-hybridized carbons (Fsp3) is 0.556. The number of carbonyl (C=O) groups excluding carboxylic acids is 1. The first-order chi connectivity index (χ1) is 6.56. The normalized spacial score (nSPS) is 11.4. The number of carbonyl (C=O) groups is 1. The van der Waals surface area contributed by atoms with Crippen LogP contribution in [0.5, 0.6) is 0 Å². The third kappa shape index (κ3) is 2.96. The van der Waals surface area contributed by atoms with E-state index in [1.807, 2.05) is 13.8 Å². The van der Waals surface area contributed by atoms with Gasteiger partial charge in [0.25, 0.3) is 0 Å². The van der Waals surface area contributed by atoms with Gasteiger partial charge >= 0.3 is 0 Å². The van der Waals surface area contributed by atoms with Gasteiger partial charge in [-0.1, -0.05) is 0 Å². The molecule has 0 bridgehead atoms. The summed E-state index contributed by atoms with van der Waals surface area (Å²) in [5, 5.41) is 2.82. The van der Waals surface area contributed by atoms with E-state index in [1.54, 1.807) is 11.7 Å². The van der Waals surface area contributed by atoms with Crippen LogP contribution in [-0.4, -0.2) is 16.8 Å². The minimum absolute atomic E-state index is 0.0269. The van der Waals surface area contributed by atoms with Crippen molar-refractivity contribution >= 4 is 28.8 Å². The van der Waals surface area contributed by atoms with Crippen molar-refractivity contribution in [1.29, 1.82) is 0 Å². The molecule has 1 heterocycles. The topological polar surface area (TPSA) is 42.0 Å². The minimum atomic E-state index is -0.508. The van der Waals surface area contributed by atoms with Gasteiger partial charge in [0.2, 0.25) is 5.91 Å². The van der Waals surface area contributed by atoms with E-state index in [0.29, 0.717) is 12.4 Å². The summed E-state index contributed by atoms with van der Waals surface area (Å²) < 4.78 is 0. The molecule has 0 saturated carbocycles. The number of alkyl halides is 1. The van der Waals surface area contributed by atoms with Crippen molar-refractivity contribution in [1.82, 2.24) is 10.3 Å². The van der Waals surface area contributed by atoms with Crippen LogP contribution in [0.15, 0.2) is 11.7 Å². The Hall–Kier alpha value is -0.610. The third-order valence-electron chi connectivity index (χ3n) is 1.86. The van der Waals surface area contributed by atoms with Crippen LogP contribution in [0.3, 0.4) is 0 Å². The van der Waals surface area contributed by atoms with Gasteiger partial charge < -0.3 is 5.32 Å². The Bertz CT molecular complexity index is 298. The van der Waals surface area contributed by atoms with Crippen molar-refractivity contribution in [3.05, 3.63) is 16.6 Å². The quantitative estimate of drug-likeness (QED) is 0.808. The van der Waals surface area contributed by atoms with Gasteiger partial charge in [0.05, 0.1) is 17.5 Å². The molecule has 0 aliphatic rings. The molecule has 0 aliphatic carbocycles. The van der Waals surface area contributed by atoms with Crippen molar-refractivity contribution in [2.24, 2.45) is 5.41 Å². The van der Waals surface area contributed by atoms with E-state index in [4.69, 9.17) is 11.6 Å². The summed E-state index contributed by atoms with van der Waals surface area (Å²) in [6.07, 6.45) is 1.75. The summed E-state index contributed by atoms with van der Waals surface area (Å²) in [5.74, 6) is 0.294. The lowest BCUT2D eigenvalue weighted by Crippen LogP contribution is -2.37. The second kappa shape index (κ2) is 4.75. The Morgan fingerprint density at radius 3 is 2.93 bits per heavy atom. The van der Waals surface area contributed by atoms with Gasteiger partial charge in [0, 0.05) is 17.0 Å². The van der Waals surface area contributed by atoms with Crippen LogP contribution in [0.25, 0.3) is 0 Å². The number of thiazole rings is 1. The molecule has 78 valence electrons. The number of aromatic nitrogens is 1. The fourth-order valence-electron chi connectivity index (χ4n) is 0.797. The van der Waals surface area contributed by atoms with Crippen molar-refractivity contribution in [3.8, 4) is 0 Å². The second-order valence-corrected chi connectivity index (χ2v) is 4.91. The Kier molecular flexibility index (Phi) is 3.89. The average Bonchev–Trinajstić information content (AvgIpc) is 2.66. The number of nitrogens with zero attached hydrogens (tertiary/aromatic N) is 1. The summed E-state index contributed by atoms with van der Waals surface area (Å²) in [7, 11) is 0. The highest BCUT2D eigenvalue weighted by atomic mass is 35.5. The van der Waals surface area contributed by atoms with Gasteiger partial charge in [-0.3, -0.25) is 9.78 Å². The molecule has 1 amide bonds. The summed E-state index contributed by atoms with van der Waals surface area (Å²) in [4.78, 5) is 16.5. The third-order valence-corrected chi connectivity index (χ3v) is 3.30. The first kappa shape index (κ1) is 11.5. The molecule has 1 aromatic heterocycles. The van der Waals surface area contributed by atoms with E-state index < -0.39 is 5.41 Å². The molecule has 0 spiro atoms. The zero-order chi connectivity index (χ0) is 10.6. The predicted octanol–water partition coefficient (Wildman–Crippen LogP) is 2.02. The van der Waals surface area contributed by atoms with E-state index in [0.717, 1.165) is 4.88 Å². The molecule has 0 fully saturated rings. The molecule has 1 aromatic rings. The summed E-state index contributed by atoms with van der Waals surface area (Å²) in [5.41, 5.74) is 1.24. The molecule has 5 heteroatoms. The molecular weight excluding hydrogens is 220 g/mol. The second-order valence-electron chi connectivity index (χ2n) is 3.67. The molecular formula is C9H13ClN2OS. The van der Waals surface area contributed by atoms with Gasteiger partial charge in [-0.2, -0.15) is 0 Å². The zero-order valence-corrected chi connectivity index (χ0v) is 9.78. The summed E-state index contributed by atoms with van der Waals surface area (Å²) in [6.45, 7) is 4.17. The summed E-state index contributed by atoms with van der Waals surface area (Å²) >= 11 is 7.20. The number of rotatable bonds is 4. The molecule has 0 aromatic carbocycles. The number of amides is 1. The molecule has 0 unspecified atom stereocenters. The lowest BCUT2D eigenvalue weighted by atomic mass is 9.95. The van der Waals surface area contributed by atoms with E-state index in [1.165, 1.54) is 11.3 Å². The van der Waals surface area contributed by atoms with Crippen LogP contribution in [0.4, 0.5) is 0 Å². The Labute approximate surface area is 92.5 Å². The SMILES string of the molecule is CC(C)(CCl)C(=O)NCc1cncs1. The van der Waals surface area contributed by atoms with Crippen molar-refractivity contribution < 1.29 is 4.79 Å². The van der Waals surface area contributed by atoms with Gasteiger partial charge in [-0.25, -0.2) is 0 Å². The number of hydrogen-bond acceptors (Lipinski definition) is 3. The number of nitrogens with one attached hydrogen (secondary N) is 1. The van der Waals surface area contributed by atoms with Crippen LogP contribution in [0.2, 0.25) is 0 Å². The van der Waals surface area contributed by atoms with E-state index in [2.05, 4.69) is 10.3 Å². The highest BCUT2D eigenvalue weighted by Gasteiger charge is 2.25. The summed E-state index contributed by atoms with van der Waals surface area (Å²) in [6, 6.07) is 0. The molecule has 0 aliphatic heterocycles. The molecule has 0 atom stereocenters. The Balaban J connectivity index is 2.43. The maximum Gasteiger partial charge on any atom is 0.227 e. The Morgan fingerprint density at radius 1 is 1.71 bits per heavy atom. The molecule has 1 rings (SSSR count). The van der Waals surface area contributed by atoms with Gasteiger partial charge in [-0.15, -0.1) is 22.9 Å². The van der Waals surface area contributed by atoms with Crippen molar-refractivity contribution in [2.75, 3.05) is 5.88 Å². The first-order valence-electron chi connectivity index (χ1n) is 4.28. The van der Waals surface area contributed by atoms with Crippen molar-refractivity contribution in [3.63, 3.8) is 0 Å². The molecule has 0 radical (unpaired) electrons. The lowest BCUT2D eigenvalue weighted by molar-refractivity contribution is -0.128. The maximum atomic E-state index is 11.6. The number of halogens is 1. The minimum Gasteiger partial charge on any atom is -0.351 e. The van der Waals surface area contributed by atoms with Gasteiger partial charge in [-0.05, 0) is 13.8 Å². The molecule has 14 heavy (non-hydrogen) atoms. The van der Waals surface area contributed by atoms with E-state index in [-0.39, 0.29) is 5.91 Å². The monoisotopic (exact) mass is 232 g/mol. The molecule has 0 saturated heterocycles. The zero-order valence-electron chi connectivity index (χ0n) is 8.21. The average molecular weight is 233 g/mol.